The third-order valence-corrected chi connectivity index (χ3v) is 4.16. The Labute approximate surface area is 132 Å². The van der Waals surface area contributed by atoms with Crippen LogP contribution in [0.25, 0.3) is 11.5 Å². The van der Waals surface area contributed by atoms with Crippen LogP contribution in [-0.4, -0.2) is 44.3 Å². The number of rotatable bonds is 6. The summed E-state index contributed by atoms with van der Waals surface area (Å²) >= 11 is 7.27. The number of nitrogens with zero attached hydrogens (tertiary/aromatic N) is 4. The van der Waals surface area contributed by atoms with Gasteiger partial charge in [-0.25, -0.2) is 4.98 Å². The van der Waals surface area contributed by atoms with Gasteiger partial charge in [-0.05, 0) is 18.6 Å². The van der Waals surface area contributed by atoms with E-state index < -0.39 is 0 Å². The molecule has 112 valence electrons. The Kier molecular flexibility index (Phi) is 5.58. The molecular weight excluding hydrogens is 310 g/mol. The molecule has 2 rings (SSSR count). The Morgan fingerprint density at radius 2 is 2.24 bits per heavy atom. The number of carbonyl (C=O) groups excluding carboxylic acids is 1. The highest BCUT2D eigenvalue weighted by atomic mass is 35.5. The summed E-state index contributed by atoms with van der Waals surface area (Å²) < 4.78 is 1.87. The van der Waals surface area contributed by atoms with Gasteiger partial charge in [0.1, 0.15) is 11.4 Å². The Morgan fingerprint density at radius 3 is 2.95 bits per heavy atom. The zero-order chi connectivity index (χ0) is 15.2. The van der Waals surface area contributed by atoms with Crippen molar-refractivity contribution in [1.29, 1.82) is 0 Å². The van der Waals surface area contributed by atoms with Crippen molar-refractivity contribution < 1.29 is 4.79 Å². The minimum atomic E-state index is -0.226. The molecule has 0 spiro atoms. The highest BCUT2D eigenvalue weighted by Crippen LogP contribution is 2.22. The lowest BCUT2D eigenvalue weighted by Crippen LogP contribution is -2.19. The van der Waals surface area contributed by atoms with Gasteiger partial charge in [-0.2, -0.15) is 0 Å². The zero-order valence-corrected chi connectivity index (χ0v) is 13.4. The van der Waals surface area contributed by atoms with Crippen molar-refractivity contribution in [2.75, 3.05) is 18.7 Å². The second-order valence-electron chi connectivity index (χ2n) is 4.24. The molecule has 0 bridgehead atoms. The van der Waals surface area contributed by atoms with Crippen molar-refractivity contribution in [3.05, 3.63) is 23.9 Å². The van der Waals surface area contributed by atoms with Crippen LogP contribution in [0.5, 0.6) is 0 Å². The van der Waals surface area contributed by atoms with Gasteiger partial charge in [0.25, 0.3) is 5.91 Å². The maximum atomic E-state index is 11.6. The first-order chi connectivity index (χ1) is 10.2. The first-order valence-electron chi connectivity index (χ1n) is 6.45. The fraction of sp³-hybridized carbons (Fsp3) is 0.385. The van der Waals surface area contributed by atoms with Gasteiger partial charge >= 0.3 is 0 Å². The van der Waals surface area contributed by atoms with Crippen LogP contribution in [-0.2, 0) is 7.05 Å². The first kappa shape index (κ1) is 15.8. The number of aromatic nitrogens is 4. The van der Waals surface area contributed by atoms with Crippen molar-refractivity contribution in [3.8, 4) is 11.5 Å². The zero-order valence-electron chi connectivity index (χ0n) is 11.8. The standard InChI is InChI=1S/C13H16ClN5OS/c1-15-12(20)10-6-3-5-9(16-10)11-17-18-13(19(11)2)21-8-4-7-14/h3,5-6H,4,7-8H2,1-2H3,(H,15,20). The van der Waals surface area contributed by atoms with E-state index in [0.29, 0.717) is 23.1 Å². The Balaban J connectivity index is 2.24. The number of thioether (sulfide) groups is 1. The van der Waals surface area contributed by atoms with Crippen LogP contribution in [0.3, 0.4) is 0 Å². The highest BCUT2D eigenvalue weighted by Gasteiger charge is 2.14. The number of halogens is 1. The summed E-state index contributed by atoms with van der Waals surface area (Å²) in [6.07, 6.45) is 0.915. The van der Waals surface area contributed by atoms with E-state index in [-0.39, 0.29) is 5.91 Å². The number of pyridine rings is 1. The van der Waals surface area contributed by atoms with Crippen LogP contribution in [0.2, 0.25) is 0 Å². The summed E-state index contributed by atoms with van der Waals surface area (Å²) in [5, 5.41) is 11.7. The van der Waals surface area contributed by atoms with Gasteiger partial charge in [0.05, 0.1) is 0 Å². The highest BCUT2D eigenvalue weighted by molar-refractivity contribution is 7.99. The van der Waals surface area contributed by atoms with E-state index in [2.05, 4.69) is 20.5 Å². The van der Waals surface area contributed by atoms with Gasteiger partial charge in [-0.1, -0.05) is 17.8 Å². The lowest BCUT2D eigenvalue weighted by molar-refractivity contribution is 0.0958. The number of hydrogen-bond donors (Lipinski definition) is 1. The molecule has 0 saturated carbocycles. The van der Waals surface area contributed by atoms with Crippen LogP contribution in [0.15, 0.2) is 23.4 Å². The third-order valence-electron chi connectivity index (χ3n) is 2.78. The molecule has 0 aromatic carbocycles. The smallest absolute Gasteiger partial charge is 0.269 e. The molecule has 0 atom stereocenters. The molecule has 6 nitrogen and oxygen atoms in total. The third kappa shape index (κ3) is 3.74. The van der Waals surface area contributed by atoms with E-state index >= 15 is 0 Å². The van der Waals surface area contributed by atoms with Crippen molar-refractivity contribution in [2.24, 2.45) is 7.05 Å². The number of nitrogens with one attached hydrogen (secondary N) is 1. The Hall–Kier alpha value is -1.60. The minimum Gasteiger partial charge on any atom is -0.354 e. The first-order valence-corrected chi connectivity index (χ1v) is 7.97. The predicted molar refractivity (Wildman–Crippen MR) is 83.7 cm³/mol. The van der Waals surface area contributed by atoms with Crippen molar-refractivity contribution >= 4 is 29.3 Å². The molecule has 0 aliphatic rings. The minimum absolute atomic E-state index is 0.226. The van der Waals surface area contributed by atoms with E-state index in [1.54, 1.807) is 30.9 Å². The molecule has 21 heavy (non-hydrogen) atoms. The number of amides is 1. The average molecular weight is 326 g/mol. The Bertz CT molecular complexity index is 631. The van der Waals surface area contributed by atoms with Crippen LogP contribution in [0.4, 0.5) is 0 Å². The molecule has 0 saturated heterocycles. The molecule has 0 radical (unpaired) electrons. The lowest BCUT2D eigenvalue weighted by atomic mass is 10.3. The summed E-state index contributed by atoms with van der Waals surface area (Å²) in [4.78, 5) is 15.9. The quantitative estimate of drug-likeness (QED) is 0.499. The predicted octanol–water partition coefficient (Wildman–Crippen LogP) is 1.96. The molecule has 0 aliphatic carbocycles. The second-order valence-corrected chi connectivity index (χ2v) is 5.68. The van der Waals surface area contributed by atoms with E-state index in [4.69, 9.17) is 11.6 Å². The second kappa shape index (κ2) is 7.42. The van der Waals surface area contributed by atoms with Crippen LogP contribution in [0, 0.1) is 0 Å². The molecular formula is C13H16ClN5OS. The van der Waals surface area contributed by atoms with E-state index in [9.17, 15) is 4.79 Å². The van der Waals surface area contributed by atoms with Crippen molar-refractivity contribution in [1.82, 2.24) is 25.1 Å². The normalized spacial score (nSPS) is 10.6. The van der Waals surface area contributed by atoms with Crippen LogP contribution < -0.4 is 5.32 Å². The average Bonchev–Trinajstić information content (AvgIpc) is 2.88. The van der Waals surface area contributed by atoms with Crippen LogP contribution in [0.1, 0.15) is 16.9 Å². The van der Waals surface area contributed by atoms with Crippen molar-refractivity contribution in [3.63, 3.8) is 0 Å². The number of hydrogen-bond acceptors (Lipinski definition) is 5. The maximum Gasteiger partial charge on any atom is 0.269 e. The maximum absolute atomic E-state index is 11.6. The summed E-state index contributed by atoms with van der Waals surface area (Å²) in [7, 11) is 3.46. The van der Waals surface area contributed by atoms with E-state index in [1.165, 1.54) is 0 Å². The summed E-state index contributed by atoms with van der Waals surface area (Å²) in [6.45, 7) is 0. The van der Waals surface area contributed by atoms with Gasteiger partial charge < -0.3 is 9.88 Å². The molecule has 0 unspecified atom stereocenters. The summed E-state index contributed by atoms with van der Waals surface area (Å²) in [6, 6.07) is 5.25. The summed E-state index contributed by atoms with van der Waals surface area (Å²) in [5.74, 6) is 1.93. The topological polar surface area (TPSA) is 72.7 Å². The van der Waals surface area contributed by atoms with Gasteiger partial charge in [-0.15, -0.1) is 21.8 Å². The van der Waals surface area contributed by atoms with Gasteiger partial charge in [0.15, 0.2) is 11.0 Å². The monoisotopic (exact) mass is 325 g/mol. The Morgan fingerprint density at radius 1 is 1.43 bits per heavy atom. The molecule has 1 amide bonds. The fourth-order valence-electron chi connectivity index (χ4n) is 1.70. The van der Waals surface area contributed by atoms with Crippen molar-refractivity contribution in [2.45, 2.75) is 11.6 Å². The SMILES string of the molecule is CNC(=O)c1cccc(-c2nnc(SCCCCl)n2C)n1. The summed E-state index contributed by atoms with van der Waals surface area (Å²) in [5.41, 5.74) is 0.977. The van der Waals surface area contributed by atoms with Gasteiger partial charge in [0, 0.05) is 25.7 Å². The lowest BCUT2D eigenvalue weighted by Gasteiger charge is -2.04. The van der Waals surface area contributed by atoms with E-state index in [1.807, 2.05) is 17.7 Å². The largest absolute Gasteiger partial charge is 0.354 e. The van der Waals surface area contributed by atoms with Gasteiger partial charge in [-0.3, -0.25) is 4.79 Å². The van der Waals surface area contributed by atoms with Crippen LogP contribution >= 0.6 is 23.4 Å². The molecule has 2 aromatic rings. The molecule has 8 heteroatoms. The molecule has 2 heterocycles. The molecule has 2 aromatic heterocycles. The van der Waals surface area contributed by atoms with Gasteiger partial charge in [0.2, 0.25) is 0 Å². The van der Waals surface area contributed by atoms with E-state index in [0.717, 1.165) is 17.3 Å². The molecule has 0 aliphatic heterocycles. The fourth-order valence-corrected chi connectivity index (χ4v) is 2.84. The molecule has 0 fully saturated rings. The number of alkyl halides is 1. The number of carbonyl (C=O) groups is 1. The molecule has 1 N–H and O–H groups in total.